The molecule has 7 rings (SSSR count). The molecule has 4 aliphatic rings. The van der Waals surface area contributed by atoms with Crippen LogP contribution >= 0.6 is 23.4 Å². The molecule has 2 fully saturated rings. The van der Waals surface area contributed by atoms with Crippen LogP contribution in [0.5, 0.6) is 0 Å². The molecular weight excluding hydrogens is 979 g/mol. The maximum atomic E-state index is 14.4. The van der Waals surface area contributed by atoms with Crippen molar-refractivity contribution in [3.8, 4) is 0 Å². The van der Waals surface area contributed by atoms with Crippen LogP contribution in [0.4, 0.5) is 24.7 Å². The van der Waals surface area contributed by atoms with E-state index in [4.69, 9.17) is 16.3 Å². The van der Waals surface area contributed by atoms with Gasteiger partial charge in [-0.25, -0.2) is 26.8 Å². The van der Waals surface area contributed by atoms with Gasteiger partial charge in [0.2, 0.25) is 0 Å². The number of morpholine rings is 1. The average molecular weight is 1050 g/mol. The molecule has 3 aliphatic heterocycles. The molecule has 1 aromatic heterocycles. The lowest BCUT2D eigenvalue weighted by molar-refractivity contribution is -0.0435. The molecular formula is C51H67ClF3N7O5S3. The summed E-state index contributed by atoms with van der Waals surface area (Å²) in [5.41, 5.74) is 0.424. The molecule has 382 valence electrons. The number of hydrogen-bond acceptors (Lipinski definition) is 12. The van der Waals surface area contributed by atoms with Crippen molar-refractivity contribution in [3.05, 3.63) is 112 Å². The highest BCUT2D eigenvalue weighted by Crippen LogP contribution is 2.45. The van der Waals surface area contributed by atoms with Crippen molar-refractivity contribution in [1.82, 2.24) is 24.7 Å². The zero-order valence-electron chi connectivity index (χ0n) is 40.8. The Kier molecular flexibility index (Phi) is 17.7. The standard InChI is InChI=1S/C51H67ClF3N7O5S3/c1-35(2)42(14-12-36(3)52)45-31-50(5,6)21-16-43(45)37(4)61-23-18-39(19-24-61)62-25-20-44-47(32-62)56-34-57-49(44)59-70(65,66)41-13-15-46(48(30-41)69(63,64)51(53,54)55)58-38(17-22-60-26-28-67-29-27-60)33-68-40-10-8-7-9-11-40/h7-15,30,34,37-39,58H,1,16-29,31-33H2,2-6H3,(H,56,57,59). The zero-order chi connectivity index (χ0) is 50.4. The molecule has 2 atom stereocenters. The second kappa shape index (κ2) is 23.0. The number of rotatable bonds is 18. The lowest BCUT2D eigenvalue weighted by Gasteiger charge is -2.44. The Morgan fingerprint density at radius 1 is 1.00 bits per heavy atom. The van der Waals surface area contributed by atoms with Gasteiger partial charge in [0.25, 0.3) is 19.9 Å². The second-order valence-electron chi connectivity index (χ2n) is 19.7. The minimum atomic E-state index is -6.01. The molecule has 0 bridgehead atoms. The number of halogens is 4. The van der Waals surface area contributed by atoms with Crippen LogP contribution in [-0.4, -0.2) is 123 Å². The number of sulfone groups is 1. The molecule has 0 radical (unpaired) electrons. The lowest BCUT2D eigenvalue weighted by Crippen LogP contribution is -2.49. The van der Waals surface area contributed by atoms with Crippen LogP contribution in [0.2, 0.25) is 0 Å². The molecule has 4 heterocycles. The van der Waals surface area contributed by atoms with E-state index in [1.165, 1.54) is 34.8 Å². The van der Waals surface area contributed by atoms with Gasteiger partial charge in [0, 0.05) is 85.2 Å². The molecule has 19 heteroatoms. The number of allylic oxidation sites excluding steroid dienone is 6. The predicted molar refractivity (Wildman–Crippen MR) is 274 cm³/mol. The second-order valence-corrected chi connectivity index (χ2v) is 25.0. The molecule has 70 heavy (non-hydrogen) atoms. The van der Waals surface area contributed by atoms with E-state index in [1.54, 1.807) is 0 Å². The average Bonchev–Trinajstić information content (AvgIpc) is 3.32. The van der Waals surface area contributed by atoms with Gasteiger partial charge >= 0.3 is 5.51 Å². The number of piperidine rings is 1. The van der Waals surface area contributed by atoms with Crippen LogP contribution in [0.25, 0.3) is 0 Å². The van der Waals surface area contributed by atoms with E-state index < -0.39 is 41.2 Å². The van der Waals surface area contributed by atoms with Crippen molar-refractivity contribution in [2.75, 3.05) is 68.3 Å². The van der Waals surface area contributed by atoms with Crippen LogP contribution in [0.3, 0.4) is 0 Å². The number of aromatic nitrogens is 2. The Morgan fingerprint density at radius 2 is 1.71 bits per heavy atom. The minimum Gasteiger partial charge on any atom is -0.380 e. The van der Waals surface area contributed by atoms with E-state index in [9.17, 15) is 30.0 Å². The highest BCUT2D eigenvalue weighted by molar-refractivity contribution is 7.99. The van der Waals surface area contributed by atoms with E-state index in [2.05, 4.69) is 75.1 Å². The Morgan fingerprint density at radius 3 is 2.39 bits per heavy atom. The van der Waals surface area contributed by atoms with Gasteiger partial charge in [-0.1, -0.05) is 61.9 Å². The number of nitrogens with one attached hydrogen (secondary N) is 2. The third-order valence-electron chi connectivity index (χ3n) is 14.0. The summed E-state index contributed by atoms with van der Waals surface area (Å²) in [5, 5.41) is 3.79. The number of alkyl halides is 3. The quantitative estimate of drug-likeness (QED) is 0.0927. The van der Waals surface area contributed by atoms with Crippen LogP contribution < -0.4 is 10.0 Å². The summed E-state index contributed by atoms with van der Waals surface area (Å²) < 4.78 is 106. The summed E-state index contributed by atoms with van der Waals surface area (Å²) >= 11 is 7.74. The van der Waals surface area contributed by atoms with Crippen LogP contribution in [0.1, 0.15) is 84.4 Å². The van der Waals surface area contributed by atoms with E-state index in [1.807, 2.05) is 43.3 Å². The maximum Gasteiger partial charge on any atom is 0.501 e. The number of hydrogen-bond donors (Lipinski definition) is 2. The van der Waals surface area contributed by atoms with Crippen LogP contribution in [0.15, 0.2) is 116 Å². The number of anilines is 2. The summed E-state index contributed by atoms with van der Waals surface area (Å²) in [6.45, 7) is 21.3. The first-order valence-electron chi connectivity index (χ1n) is 24.1. The number of ether oxygens (including phenoxy) is 1. The van der Waals surface area contributed by atoms with Crippen LogP contribution in [0, 0.1) is 5.41 Å². The SMILES string of the molecule is C=C(C)C(=CC=C(C)Cl)C1=C(C(C)N2CCC(N3CCc4c(ncnc4NS(=O)(=O)c4ccc(NC(CCN5CCOCC5)CSc5ccccc5)c(S(=O)(=O)C(F)(F)F)c4)C3)CC2)CCC(C)(C)C1. The molecule has 2 aromatic carbocycles. The van der Waals surface area contributed by atoms with Gasteiger partial charge in [-0.15, -0.1) is 11.8 Å². The Labute approximate surface area is 422 Å². The van der Waals surface area contributed by atoms with Crippen molar-refractivity contribution in [2.45, 2.75) is 124 Å². The Balaban J connectivity index is 1.05. The summed E-state index contributed by atoms with van der Waals surface area (Å²) in [6, 6.07) is 12.3. The van der Waals surface area contributed by atoms with Gasteiger partial charge in [0.15, 0.2) is 0 Å². The van der Waals surface area contributed by atoms with Crippen molar-refractivity contribution in [2.24, 2.45) is 5.41 Å². The van der Waals surface area contributed by atoms with E-state index in [0.29, 0.717) is 81.9 Å². The Hall–Kier alpha value is -3.75. The lowest BCUT2D eigenvalue weighted by atomic mass is 9.70. The number of fused-ring (bicyclic) bond motifs is 1. The first-order valence-corrected chi connectivity index (χ1v) is 28.4. The van der Waals surface area contributed by atoms with E-state index in [0.717, 1.165) is 72.8 Å². The zero-order valence-corrected chi connectivity index (χ0v) is 44.0. The number of sulfonamides is 1. The summed E-state index contributed by atoms with van der Waals surface area (Å²) in [7, 11) is -10.7. The minimum absolute atomic E-state index is 0.0106. The molecule has 1 aliphatic carbocycles. The summed E-state index contributed by atoms with van der Waals surface area (Å²) in [5.74, 6) is 0.411. The van der Waals surface area contributed by atoms with Crippen molar-refractivity contribution < 1.29 is 34.7 Å². The highest BCUT2D eigenvalue weighted by Gasteiger charge is 2.48. The number of thioether (sulfide) groups is 1. The third-order valence-corrected chi connectivity index (χ3v) is 18.2. The monoisotopic (exact) mass is 1050 g/mol. The van der Waals surface area contributed by atoms with Crippen LogP contribution in [-0.2, 0) is 37.6 Å². The molecule has 0 spiro atoms. The fourth-order valence-electron chi connectivity index (χ4n) is 9.98. The van der Waals surface area contributed by atoms with Gasteiger partial charge in [0.05, 0.1) is 29.5 Å². The first kappa shape index (κ1) is 54.0. The van der Waals surface area contributed by atoms with Crippen molar-refractivity contribution in [1.29, 1.82) is 0 Å². The predicted octanol–water partition coefficient (Wildman–Crippen LogP) is 10.2. The third kappa shape index (κ3) is 13.4. The van der Waals surface area contributed by atoms with Gasteiger partial charge in [0.1, 0.15) is 17.0 Å². The molecule has 12 nitrogen and oxygen atoms in total. The molecule has 2 unspecified atom stereocenters. The first-order chi connectivity index (χ1) is 33.1. The summed E-state index contributed by atoms with van der Waals surface area (Å²) in [4.78, 5) is 15.1. The van der Waals surface area contributed by atoms with Gasteiger partial charge in [-0.05, 0) is 124 Å². The normalized spacial score (nSPS) is 20.5. The smallest absolute Gasteiger partial charge is 0.380 e. The van der Waals surface area contributed by atoms with Crippen molar-refractivity contribution in [3.63, 3.8) is 0 Å². The van der Waals surface area contributed by atoms with Gasteiger partial charge in [-0.2, -0.15) is 13.2 Å². The number of nitrogens with zero attached hydrogens (tertiary/aromatic N) is 5. The molecule has 3 aromatic rings. The number of likely N-dealkylation sites (tertiary alicyclic amines) is 1. The van der Waals surface area contributed by atoms with E-state index in [-0.39, 0.29) is 29.0 Å². The fraction of sp³-hybridized carbons (Fsp3) is 0.529. The highest BCUT2D eigenvalue weighted by atomic mass is 35.5. The van der Waals surface area contributed by atoms with Crippen molar-refractivity contribution >= 4 is 54.7 Å². The number of benzene rings is 2. The van der Waals surface area contributed by atoms with E-state index >= 15 is 0 Å². The summed E-state index contributed by atoms with van der Waals surface area (Å²) in [6.07, 6.45) is 11.3. The van der Waals surface area contributed by atoms with Gasteiger partial charge in [-0.3, -0.25) is 19.4 Å². The Bertz CT molecular complexity index is 2660. The molecule has 2 N–H and O–H groups in total. The molecule has 0 saturated carbocycles. The fourth-order valence-corrected chi connectivity index (χ4v) is 13.1. The topological polar surface area (TPSA) is 137 Å². The van der Waals surface area contributed by atoms with Gasteiger partial charge < -0.3 is 10.1 Å². The largest absolute Gasteiger partial charge is 0.501 e. The molecule has 2 saturated heterocycles. The maximum absolute atomic E-state index is 14.4. The molecule has 0 amide bonds.